The van der Waals surface area contributed by atoms with Gasteiger partial charge in [-0.25, -0.2) is 4.39 Å². The Morgan fingerprint density at radius 1 is 0.974 bits per heavy atom. The van der Waals surface area contributed by atoms with E-state index in [1.165, 1.54) is 6.07 Å². The van der Waals surface area contributed by atoms with Crippen molar-refractivity contribution in [2.45, 2.75) is 51.0 Å². The Kier molecular flexibility index (Phi) is 8.18. The molecule has 0 bridgehead atoms. The highest BCUT2D eigenvalue weighted by molar-refractivity contribution is 14.1. The lowest BCUT2D eigenvalue weighted by Gasteiger charge is -2.44. The molecule has 38 heavy (non-hydrogen) atoms. The Labute approximate surface area is 236 Å². The van der Waals surface area contributed by atoms with Gasteiger partial charge in [-0.1, -0.05) is 18.2 Å². The summed E-state index contributed by atoms with van der Waals surface area (Å²) in [5.41, 5.74) is 4.76. The largest absolute Gasteiger partial charge is 0.493 e. The predicted molar refractivity (Wildman–Crippen MR) is 150 cm³/mol. The first-order valence-corrected chi connectivity index (χ1v) is 14.0. The van der Waals surface area contributed by atoms with Gasteiger partial charge >= 0.3 is 0 Å². The minimum absolute atomic E-state index is 0.0534. The maximum absolute atomic E-state index is 14.2. The van der Waals surface area contributed by atoms with Crippen molar-refractivity contribution in [3.8, 4) is 11.5 Å². The molecule has 1 aliphatic heterocycles. The summed E-state index contributed by atoms with van der Waals surface area (Å²) in [7, 11) is 3.23. The number of nitrogens with zero attached hydrogens (tertiary/aromatic N) is 1. The van der Waals surface area contributed by atoms with Gasteiger partial charge in [-0.05, 0) is 72.0 Å². The van der Waals surface area contributed by atoms with Crippen LogP contribution in [0.1, 0.15) is 55.6 Å². The molecule has 0 saturated heterocycles. The maximum atomic E-state index is 14.2. The zero-order valence-corrected chi connectivity index (χ0v) is 23.8. The average Bonchev–Trinajstić information content (AvgIpc) is 2.91. The van der Waals surface area contributed by atoms with Gasteiger partial charge in [0.25, 0.3) is 0 Å². The third kappa shape index (κ3) is 5.00. The number of rotatable bonds is 8. The second-order valence-electron chi connectivity index (χ2n) is 9.77. The fraction of sp³-hybridized carbons (Fsp3) is 0.400. The van der Waals surface area contributed by atoms with Crippen molar-refractivity contribution in [2.24, 2.45) is 0 Å². The monoisotopic (exact) mass is 631 g/mol. The van der Waals surface area contributed by atoms with Crippen LogP contribution in [0.5, 0.6) is 11.5 Å². The molecule has 0 fully saturated rings. The second-order valence-corrected chi connectivity index (χ2v) is 10.9. The van der Waals surface area contributed by atoms with Crippen LogP contribution in [0.2, 0.25) is 0 Å². The molecule has 0 radical (unpaired) electrons. The number of Topliss-reactive ketones (excluding diaryl/α,β-unsaturated/α-hetero) is 2. The summed E-state index contributed by atoms with van der Waals surface area (Å²) in [6, 6.07) is 10.3. The van der Waals surface area contributed by atoms with Crippen molar-refractivity contribution in [2.75, 3.05) is 27.4 Å². The molecule has 6 nitrogen and oxygen atoms in total. The highest BCUT2D eigenvalue weighted by atomic mass is 127. The quantitative estimate of drug-likeness (QED) is 0.330. The van der Waals surface area contributed by atoms with Crippen molar-refractivity contribution in [3.63, 3.8) is 0 Å². The lowest BCUT2D eigenvalue weighted by Crippen LogP contribution is -2.40. The SMILES string of the molecule is COCCN1C2=C(C(=O)CCC2)C(c2cc(I)c(OCc3ccccc3F)c(OC)c2)C2=C1CCCC2=O. The molecule has 0 atom stereocenters. The van der Waals surface area contributed by atoms with E-state index < -0.39 is 5.92 Å². The van der Waals surface area contributed by atoms with Gasteiger partial charge in [0.05, 0.1) is 17.3 Å². The molecule has 0 unspecified atom stereocenters. The number of methoxy groups -OCH3 is 2. The van der Waals surface area contributed by atoms with Crippen molar-refractivity contribution in [3.05, 3.63) is 79.5 Å². The number of carbonyl (C=O) groups excluding carboxylic acids is 2. The molecule has 5 rings (SSSR count). The maximum Gasteiger partial charge on any atom is 0.174 e. The molecule has 0 spiro atoms. The molecule has 0 N–H and O–H groups in total. The number of ketones is 2. The van der Waals surface area contributed by atoms with Crippen LogP contribution in [0, 0.1) is 9.39 Å². The molecule has 8 heteroatoms. The number of hydrogen-bond donors (Lipinski definition) is 0. The van der Waals surface area contributed by atoms with Crippen LogP contribution < -0.4 is 9.47 Å². The molecule has 0 aromatic heterocycles. The minimum atomic E-state index is -0.442. The van der Waals surface area contributed by atoms with Gasteiger partial charge in [0, 0.05) is 60.5 Å². The Hall–Kier alpha value is -2.72. The van der Waals surface area contributed by atoms with E-state index in [4.69, 9.17) is 14.2 Å². The lowest BCUT2D eigenvalue weighted by atomic mass is 9.71. The molecular weight excluding hydrogens is 600 g/mol. The zero-order valence-electron chi connectivity index (χ0n) is 21.6. The number of halogens is 2. The fourth-order valence-electron chi connectivity index (χ4n) is 5.81. The lowest BCUT2D eigenvalue weighted by molar-refractivity contribution is -0.117. The smallest absolute Gasteiger partial charge is 0.174 e. The van der Waals surface area contributed by atoms with E-state index in [1.54, 1.807) is 32.4 Å². The summed E-state index contributed by atoms with van der Waals surface area (Å²) >= 11 is 2.18. The zero-order chi connectivity index (χ0) is 26.8. The number of benzene rings is 2. The summed E-state index contributed by atoms with van der Waals surface area (Å²) < 4.78 is 32.1. The molecule has 0 amide bonds. The van der Waals surface area contributed by atoms with E-state index in [1.807, 2.05) is 12.1 Å². The number of hydrogen-bond acceptors (Lipinski definition) is 6. The Morgan fingerprint density at radius 3 is 2.24 bits per heavy atom. The van der Waals surface area contributed by atoms with E-state index in [-0.39, 0.29) is 24.0 Å². The molecule has 200 valence electrons. The summed E-state index contributed by atoms with van der Waals surface area (Å²) in [6.45, 7) is 1.18. The van der Waals surface area contributed by atoms with Crippen LogP contribution in [0.4, 0.5) is 4.39 Å². The van der Waals surface area contributed by atoms with Crippen LogP contribution >= 0.6 is 22.6 Å². The van der Waals surface area contributed by atoms with Crippen LogP contribution in [-0.2, 0) is 20.9 Å². The highest BCUT2D eigenvalue weighted by Gasteiger charge is 2.43. The summed E-state index contributed by atoms with van der Waals surface area (Å²) in [5, 5.41) is 0. The Morgan fingerprint density at radius 2 is 1.63 bits per heavy atom. The summed E-state index contributed by atoms with van der Waals surface area (Å²) in [4.78, 5) is 29.1. The minimum Gasteiger partial charge on any atom is -0.493 e. The Bertz CT molecular complexity index is 1290. The van der Waals surface area contributed by atoms with Gasteiger partial charge in [0.15, 0.2) is 23.1 Å². The average molecular weight is 631 g/mol. The summed E-state index contributed by atoms with van der Waals surface area (Å²) in [6.07, 6.45) is 4.14. The van der Waals surface area contributed by atoms with Crippen LogP contribution in [0.3, 0.4) is 0 Å². The van der Waals surface area contributed by atoms with E-state index in [9.17, 15) is 14.0 Å². The topological polar surface area (TPSA) is 65.1 Å². The molecular formula is C30H31FINO5. The standard InChI is InChI=1S/C30H31FINO5/c1-36-14-13-33-22-9-5-11-24(34)28(22)27(29-23(33)10-6-12-25(29)35)19-15-21(32)30(26(16-19)37-2)38-17-18-7-3-4-8-20(18)31/h3-4,7-8,15-16,27H,5-6,9-14,17H2,1-2H3. The first-order valence-electron chi connectivity index (χ1n) is 13.0. The number of allylic oxidation sites excluding steroid dienone is 4. The van der Waals surface area contributed by atoms with Gasteiger partial charge in [-0.15, -0.1) is 0 Å². The van der Waals surface area contributed by atoms with Crippen LogP contribution in [0.25, 0.3) is 0 Å². The second kappa shape index (κ2) is 11.6. The highest BCUT2D eigenvalue weighted by Crippen LogP contribution is 2.50. The first kappa shape index (κ1) is 26.9. The molecule has 3 aliphatic rings. The van der Waals surface area contributed by atoms with Gasteiger partial charge in [0.2, 0.25) is 0 Å². The van der Waals surface area contributed by atoms with Crippen molar-refractivity contribution in [1.29, 1.82) is 0 Å². The van der Waals surface area contributed by atoms with Crippen molar-refractivity contribution < 1.29 is 28.2 Å². The first-order chi connectivity index (χ1) is 18.4. The third-order valence-electron chi connectivity index (χ3n) is 7.52. The van der Waals surface area contributed by atoms with Gasteiger partial charge in [0.1, 0.15) is 12.4 Å². The van der Waals surface area contributed by atoms with Crippen molar-refractivity contribution >= 4 is 34.2 Å². The van der Waals surface area contributed by atoms with Crippen LogP contribution in [0.15, 0.2) is 58.9 Å². The van der Waals surface area contributed by atoms with Crippen LogP contribution in [-0.4, -0.2) is 43.8 Å². The molecule has 2 aliphatic carbocycles. The van der Waals surface area contributed by atoms with E-state index in [0.717, 1.165) is 57.4 Å². The molecule has 0 saturated carbocycles. The molecule has 2 aromatic rings. The Balaban J connectivity index is 1.60. The normalized spacial score (nSPS) is 18.1. The fourth-order valence-corrected chi connectivity index (χ4v) is 6.60. The summed E-state index contributed by atoms with van der Waals surface area (Å²) in [5.74, 6) is 0.410. The number of carbonyl (C=O) groups is 2. The van der Waals surface area contributed by atoms with Crippen molar-refractivity contribution in [1.82, 2.24) is 4.90 Å². The van der Waals surface area contributed by atoms with Gasteiger partial charge in [-0.2, -0.15) is 0 Å². The van der Waals surface area contributed by atoms with E-state index in [2.05, 4.69) is 27.5 Å². The van der Waals surface area contributed by atoms with Gasteiger partial charge in [-0.3, -0.25) is 9.59 Å². The van der Waals surface area contributed by atoms with E-state index >= 15 is 0 Å². The van der Waals surface area contributed by atoms with Gasteiger partial charge < -0.3 is 19.1 Å². The predicted octanol–water partition coefficient (Wildman–Crippen LogP) is 6.08. The van der Waals surface area contributed by atoms with E-state index in [0.29, 0.717) is 43.1 Å². The molecule has 1 heterocycles. The molecule has 2 aromatic carbocycles. The number of ether oxygens (including phenoxy) is 3. The third-order valence-corrected chi connectivity index (χ3v) is 8.32.